The summed E-state index contributed by atoms with van der Waals surface area (Å²) in [7, 11) is 1.62. The maximum absolute atomic E-state index is 6.63. The lowest BCUT2D eigenvalue weighted by Crippen LogP contribution is -2.43. The summed E-state index contributed by atoms with van der Waals surface area (Å²) in [5.41, 5.74) is 14.3. The molecule has 0 bridgehead atoms. The number of ether oxygens (including phenoxy) is 1. The molecule has 3 aromatic heterocycles. The number of anilines is 2. The van der Waals surface area contributed by atoms with Crippen molar-refractivity contribution in [3.8, 4) is 45.5 Å². The number of pyridine rings is 2. The van der Waals surface area contributed by atoms with E-state index in [-0.39, 0.29) is 5.54 Å². The van der Waals surface area contributed by atoms with Gasteiger partial charge in [-0.3, -0.25) is 4.57 Å². The third-order valence-electron chi connectivity index (χ3n) is 7.52. The van der Waals surface area contributed by atoms with E-state index in [0.717, 1.165) is 63.9 Å². The molecule has 0 saturated heterocycles. The fourth-order valence-corrected chi connectivity index (χ4v) is 5.34. The number of nitrogens with two attached hydrogens (primary N) is 1. The third kappa shape index (κ3) is 3.42. The van der Waals surface area contributed by atoms with E-state index < -0.39 is 0 Å². The molecule has 37 heavy (non-hydrogen) atoms. The van der Waals surface area contributed by atoms with Gasteiger partial charge in [0, 0.05) is 40.7 Å². The van der Waals surface area contributed by atoms with Crippen LogP contribution in [0.15, 0.2) is 85.2 Å². The van der Waals surface area contributed by atoms with Gasteiger partial charge in [-0.25, -0.2) is 15.0 Å². The largest absolute Gasteiger partial charge is 0.481 e. The minimum Gasteiger partial charge on any atom is -0.481 e. The van der Waals surface area contributed by atoms with E-state index in [0.29, 0.717) is 5.88 Å². The summed E-state index contributed by atoms with van der Waals surface area (Å²) < 4.78 is 7.51. The minimum absolute atomic E-state index is 0.213. The van der Waals surface area contributed by atoms with E-state index in [4.69, 9.17) is 15.5 Å². The predicted molar refractivity (Wildman–Crippen MR) is 145 cm³/mol. The van der Waals surface area contributed by atoms with E-state index in [9.17, 15) is 0 Å². The highest BCUT2D eigenvalue weighted by Crippen LogP contribution is 2.45. The summed E-state index contributed by atoms with van der Waals surface area (Å²) in [4.78, 5) is 14.4. The first-order valence-corrected chi connectivity index (χ1v) is 12.5. The number of nitrogens with zero attached hydrogens (tertiary/aromatic N) is 4. The highest BCUT2D eigenvalue weighted by molar-refractivity contribution is 5.90. The van der Waals surface area contributed by atoms with Crippen molar-refractivity contribution >= 4 is 11.5 Å². The highest BCUT2D eigenvalue weighted by Gasteiger charge is 2.34. The second-order valence-corrected chi connectivity index (χ2v) is 9.69. The molecule has 0 radical (unpaired) electrons. The van der Waals surface area contributed by atoms with Gasteiger partial charge < -0.3 is 15.8 Å². The average Bonchev–Trinajstić information content (AvgIpc) is 3.26. The van der Waals surface area contributed by atoms with Crippen LogP contribution in [0.2, 0.25) is 0 Å². The number of imidazole rings is 1. The Labute approximate surface area is 215 Å². The molecular weight excluding hydrogens is 460 g/mol. The second-order valence-electron chi connectivity index (χ2n) is 9.69. The van der Waals surface area contributed by atoms with E-state index in [1.54, 1.807) is 13.3 Å². The first kappa shape index (κ1) is 21.8. The van der Waals surface area contributed by atoms with Gasteiger partial charge in [0.25, 0.3) is 0 Å². The van der Waals surface area contributed by atoms with Gasteiger partial charge in [0.15, 0.2) is 5.82 Å². The molecule has 7 rings (SSSR count). The molecule has 3 N–H and O–H groups in total. The van der Waals surface area contributed by atoms with Gasteiger partial charge in [-0.2, -0.15) is 0 Å². The monoisotopic (exact) mass is 486 g/mol. The van der Waals surface area contributed by atoms with Crippen molar-refractivity contribution in [2.75, 3.05) is 12.4 Å². The van der Waals surface area contributed by atoms with Crippen LogP contribution in [0.4, 0.5) is 11.5 Å². The molecule has 0 unspecified atom stereocenters. The smallest absolute Gasteiger partial charge is 0.212 e. The Bertz CT molecular complexity index is 1620. The Morgan fingerprint density at radius 2 is 1.73 bits per heavy atom. The Hall–Kier alpha value is -4.49. The number of methoxy groups -OCH3 is 1. The molecule has 2 aliphatic rings. The number of rotatable bonds is 4. The summed E-state index contributed by atoms with van der Waals surface area (Å²) in [6.07, 6.45) is 6.85. The van der Waals surface area contributed by atoms with Gasteiger partial charge in [0.05, 0.1) is 29.9 Å². The molecule has 1 aliphatic carbocycles. The lowest BCUT2D eigenvalue weighted by atomic mass is 9.72. The van der Waals surface area contributed by atoms with Crippen molar-refractivity contribution in [2.24, 2.45) is 5.73 Å². The zero-order valence-corrected chi connectivity index (χ0v) is 20.5. The molecule has 1 aliphatic heterocycles. The number of benzene rings is 2. The van der Waals surface area contributed by atoms with Crippen LogP contribution in [0.5, 0.6) is 5.88 Å². The van der Waals surface area contributed by atoms with Gasteiger partial charge >= 0.3 is 0 Å². The quantitative estimate of drug-likeness (QED) is 0.314. The van der Waals surface area contributed by atoms with E-state index in [2.05, 4.69) is 62.3 Å². The van der Waals surface area contributed by atoms with E-state index in [1.807, 2.05) is 36.5 Å². The Morgan fingerprint density at radius 1 is 0.919 bits per heavy atom. The van der Waals surface area contributed by atoms with Crippen LogP contribution in [0.3, 0.4) is 0 Å². The van der Waals surface area contributed by atoms with Crippen molar-refractivity contribution in [3.63, 3.8) is 0 Å². The summed E-state index contributed by atoms with van der Waals surface area (Å²) in [6.45, 7) is 0. The molecule has 0 amide bonds. The maximum atomic E-state index is 6.63. The fraction of sp³-hybridized carbons (Fsp3) is 0.167. The van der Waals surface area contributed by atoms with E-state index in [1.165, 1.54) is 12.0 Å². The van der Waals surface area contributed by atoms with Crippen LogP contribution in [0, 0.1) is 0 Å². The average molecular weight is 487 g/mol. The molecule has 7 nitrogen and oxygen atoms in total. The van der Waals surface area contributed by atoms with Crippen LogP contribution in [0.25, 0.3) is 39.6 Å². The first-order chi connectivity index (χ1) is 18.1. The van der Waals surface area contributed by atoms with Crippen LogP contribution < -0.4 is 15.8 Å². The highest BCUT2D eigenvalue weighted by atomic mass is 16.5. The van der Waals surface area contributed by atoms with Crippen molar-refractivity contribution in [1.82, 2.24) is 19.5 Å². The predicted octanol–water partition coefficient (Wildman–Crippen LogP) is 6.07. The molecule has 0 atom stereocenters. The third-order valence-corrected chi connectivity index (χ3v) is 7.52. The second kappa shape index (κ2) is 8.28. The topological polar surface area (TPSA) is 90.9 Å². The number of fused-ring (bicyclic) bond motifs is 5. The van der Waals surface area contributed by atoms with Crippen LogP contribution in [-0.2, 0) is 5.54 Å². The molecule has 2 aromatic carbocycles. The van der Waals surface area contributed by atoms with Crippen molar-refractivity contribution in [1.29, 1.82) is 0 Å². The van der Waals surface area contributed by atoms with Gasteiger partial charge in [0.1, 0.15) is 5.82 Å². The number of para-hydroxylation sites is 1. The molecule has 1 saturated carbocycles. The van der Waals surface area contributed by atoms with Crippen LogP contribution in [0.1, 0.15) is 24.8 Å². The molecule has 7 heteroatoms. The number of aromatic nitrogens is 4. The van der Waals surface area contributed by atoms with E-state index >= 15 is 0 Å². The normalized spacial score (nSPS) is 14.9. The summed E-state index contributed by atoms with van der Waals surface area (Å²) >= 11 is 0. The maximum Gasteiger partial charge on any atom is 0.212 e. The summed E-state index contributed by atoms with van der Waals surface area (Å²) in [5, 5.41) is 3.52. The molecular formula is C30H26N6O. The fourth-order valence-electron chi connectivity index (χ4n) is 5.34. The van der Waals surface area contributed by atoms with Gasteiger partial charge in [-0.05, 0) is 55.2 Å². The van der Waals surface area contributed by atoms with Crippen molar-refractivity contribution in [2.45, 2.75) is 24.8 Å². The molecule has 4 heterocycles. The number of hydrogen-bond donors (Lipinski definition) is 2. The SMILES string of the molecule is COc1ccc(-c2nc3n(c2-c2ccc(C4(N)CCC4)cc2)-c2cccnc2Nc2ccccc2-3)cn1. The Balaban J connectivity index is 1.51. The van der Waals surface area contributed by atoms with Gasteiger partial charge in [-0.1, -0.05) is 36.4 Å². The first-order valence-electron chi connectivity index (χ1n) is 12.5. The van der Waals surface area contributed by atoms with Gasteiger partial charge in [-0.15, -0.1) is 0 Å². The summed E-state index contributed by atoms with van der Waals surface area (Å²) in [6, 6.07) is 24.7. The zero-order valence-electron chi connectivity index (χ0n) is 20.5. The van der Waals surface area contributed by atoms with Crippen molar-refractivity contribution < 1.29 is 4.74 Å². The lowest BCUT2D eigenvalue weighted by Gasteiger charge is -2.38. The standard InChI is InChI=1S/C30H26N6O/c1-37-25-14-11-20(18-33-25)26-27(19-9-12-21(13-10-19)30(31)15-5-16-30)36-24-8-4-17-32-28(24)34-23-7-3-2-6-22(23)29(36)35-26/h2-4,6-14,17-18H,5,15-16,31H2,1H3,(H,32,34). The molecule has 1 fully saturated rings. The Morgan fingerprint density at radius 3 is 2.46 bits per heavy atom. The zero-order chi connectivity index (χ0) is 25.0. The Kier molecular flexibility index (Phi) is 4.87. The number of nitrogens with one attached hydrogen (secondary N) is 1. The van der Waals surface area contributed by atoms with Crippen LogP contribution in [-0.4, -0.2) is 26.6 Å². The lowest BCUT2D eigenvalue weighted by molar-refractivity contribution is 0.253. The summed E-state index contributed by atoms with van der Waals surface area (Å²) in [5.74, 6) is 2.18. The van der Waals surface area contributed by atoms with Gasteiger partial charge in [0.2, 0.25) is 5.88 Å². The van der Waals surface area contributed by atoms with Crippen LogP contribution >= 0.6 is 0 Å². The number of hydrogen-bond acceptors (Lipinski definition) is 6. The molecule has 0 spiro atoms. The molecule has 5 aromatic rings. The minimum atomic E-state index is -0.213. The van der Waals surface area contributed by atoms with Crippen molar-refractivity contribution in [3.05, 3.63) is 90.8 Å². The molecule has 182 valence electrons.